The fourth-order valence-electron chi connectivity index (χ4n) is 4.02. The summed E-state index contributed by atoms with van der Waals surface area (Å²) in [6, 6.07) is 14.1. The van der Waals surface area contributed by atoms with E-state index in [2.05, 4.69) is 41.6 Å². The van der Waals surface area contributed by atoms with Gasteiger partial charge in [0.05, 0.1) is 12.6 Å². The average molecular weight is 352 g/mol. The van der Waals surface area contributed by atoms with Gasteiger partial charge in [-0.15, -0.1) is 0 Å². The first-order chi connectivity index (χ1) is 12.6. The predicted molar refractivity (Wildman–Crippen MR) is 103 cm³/mol. The van der Waals surface area contributed by atoms with E-state index in [-0.39, 0.29) is 5.82 Å². The Kier molecular flexibility index (Phi) is 4.45. The summed E-state index contributed by atoms with van der Waals surface area (Å²) in [4.78, 5) is 2.35. The Morgan fingerprint density at radius 2 is 1.92 bits per heavy atom. The van der Waals surface area contributed by atoms with E-state index in [1.807, 2.05) is 18.2 Å². The molecule has 0 fully saturated rings. The van der Waals surface area contributed by atoms with E-state index in [1.54, 1.807) is 13.2 Å². The van der Waals surface area contributed by atoms with Gasteiger partial charge >= 0.3 is 0 Å². The number of likely N-dealkylation sites (N-methyl/N-ethyl adjacent to an activating group) is 1. The number of para-hydroxylation sites is 1. The van der Waals surface area contributed by atoms with E-state index in [1.165, 1.54) is 16.8 Å². The van der Waals surface area contributed by atoms with E-state index in [4.69, 9.17) is 4.74 Å². The van der Waals surface area contributed by atoms with Crippen molar-refractivity contribution in [2.45, 2.75) is 38.9 Å². The van der Waals surface area contributed by atoms with Crippen LogP contribution in [0.1, 0.15) is 23.7 Å². The van der Waals surface area contributed by atoms with Crippen LogP contribution in [0.5, 0.6) is 5.75 Å². The molecular formula is C22H25FN2O. The smallest absolute Gasteiger partial charge is 0.147 e. The molecule has 0 saturated heterocycles. The molecule has 0 aliphatic carbocycles. The Labute approximate surface area is 154 Å². The molecule has 0 spiro atoms. The minimum Gasteiger partial charge on any atom is -0.497 e. The second kappa shape index (κ2) is 6.76. The Hall–Kier alpha value is -2.33. The highest BCUT2D eigenvalue weighted by molar-refractivity contribution is 5.86. The topological polar surface area (TPSA) is 17.4 Å². The van der Waals surface area contributed by atoms with Gasteiger partial charge in [0.25, 0.3) is 0 Å². The van der Waals surface area contributed by atoms with Gasteiger partial charge in [0.2, 0.25) is 0 Å². The van der Waals surface area contributed by atoms with Crippen LogP contribution in [0.15, 0.2) is 42.5 Å². The van der Waals surface area contributed by atoms with Gasteiger partial charge in [0.1, 0.15) is 11.6 Å². The van der Waals surface area contributed by atoms with E-state index < -0.39 is 0 Å². The largest absolute Gasteiger partial charge is 0.497 e. The van der Waals surface area contributed by atoms with Crippen molar-refractivity contribution in [1.29, 1.82) is 0 Å². The number of ether oxygens (including phenoxy) is 1. The highest BCUT2D eigenvalue weighted by Crippen LogP contribution is 2.34. The van der Waals surface area contributed by atoms with Crippen LogP contribution in [0.3, 0.4) is 0 Å². The standard InChI is InChI=1S/C22H25FN2O/c1-15-13-21-19(14-24(15)2)18-5-4-6-20(23)22(18)25(21)12-11-16-7-9-17(26-3)10-8-16/h4-10,15H,11-14H2,1-3H3. The lowest BCUT2D eigenvalue weighted by atomic mass is 10.00. The number of benzene rings is 2. The van der Waals surface area contributed by atoms with Gasteiger partial charge in [-0.25, -0.2) is 4.39 Å². The van der Waals surface area contributed by atoms with Crippen molar-refractivity contribution in [1.82, 2.24) is 9.47 Å². The molecule has 0 radical (unpaired) electrons. The number of hydrogen-bond acceptors (Lipinski definition) is 2. The van der Waals surface area contributed by atoms with Gasteiger partial charge in [-0.3, -0.25) is 4.90 Å². The van der Waals surface area contributed by atoms with E-state index in [0.29, 0.717) is 6.04 Å². The Balaban J connectivity index is 1.72. The monoisotopic (exact) mass is 352 g/mol. The van der Waals surface area contributed by atoms with Crippen LogP contribution in [-0.4, -0.2) is 29.7 Å². The van der Waals surface area contributed by atoms with Crippen molar-refractivity contribution in [2.75, 3.05) is 14.2 Å². The maximum Gasteiger partial charge on any atom is 0.147 e. The summed E-state index contributed by atoms with van der Waals surface area (Å²) in [6.07, 6.45) is 1.83. The number of aromatic nitrogens is 1. The van der Waals surface area contributed by atoms with E-state index in [9.17, 15) is 4.39 Å². The summed E-state index contributed by atoms with van der Waals surface area (Å²) in [5.41, 5.74) is 4.58. The molecule has 0 bridgehead atoms. The number of rotatable bonds is 4. The molecule has 26 heavy (non-hydrogen) atoms. The molecule has 3 nitrogen and oxygen atoms in total. The minimum absolute atomic E-state index is 0.123. The summed E-state index contributed by atoms with van der Waals surface area (Å²) in [7, 11) is 3.82. The zero-order chi connectivity index (χ0) is 18.3. The molecule has 136 valence electrons. The molecule has 1 aromatic heterocycles. The molecule has 1 aliphatic rings. The zero-order valence-electron chi connectivity index (χ0n) is 15.6. The van der Waals surface area contributed by atoms with E-state index in [0.717, 1.165) is 42.6 Å². The Bertz CT molecular complexity index is 929. The zero-order valence-corrected chi connectivity index (χ0v) is 15.6. The van der Waals surface area contributed by atoms with Crippen molar-refractivity contribution in [2.24, 2.45) is 0 Å². The van der Waals surface area contributed by atoms with Gasteiger partial charge in [-0.05, 0) is 49.7 Å². The summed E-state index contributed by atoms with van der Waals surface area (Å²) in [5.74, 6) is 0.738. The molecule has 0 amide bonds. The van der Waals surface area contributed by atoms with Crippen LogP contribution < -0.4 is 4.74 Å². The van der Waals surface area contributed by atoms with E-state index >= 15 is 0 Å². The van der Waals surface area contributed by atoms with Gasteiger partial charge in [0, 0.05) is 36.6 Å². The van der Waals surface area contributed by atoms with Crippen molar-refractivity contribution in [3.05, 3.63) is 65.1 Å². The molecule has 1 aliphatic heterocycles. The van der Waals surface area contributed by atoms with Crippen LogP contribution >= 0.6 is 0 Å². The first-order valence-corrected chi connectivity index (χ1v) is 9.20. The van der Waals surface area contributed by atoms with Crippen LogP contribution in [-0.2, 0) is 25.9 Å². The van der Waals surface area contributed by atoms with Crippen LogP contribution in [0, 0.1) is 5.82 Å². The summed E-state index contributed by atoms with van der Waals surface area (Å²) < 4.78 is 22.1. The number of nitrogens with zero attached hydrogens (tertiary/aromatic N) is 2. The number of hydrogen-bond donors (Lipinski definition) is 0. The van der Waals surface area contributed by atoms with Crippen molar-refractivity contribution < 1.29 is 9.13 Å². The number of fused-ring (bicyclic) bond motifs is 3. The normalized spacial score (nSPS) is 17.5. The van der Waals surface area contributed by atoms with Crippen LogP contribution in [0.25, 0.3) is 10.9 Å². The van der Waals surface area contributed by atoms with Crippen LogP contribution in [0.2, 0.25) is 0 Å². The third-order valence-electron chi connectivity index (χ3n) is 5.69. The quantitative estimate of drug-likeness (QED) is 0.692. The highest BCUT2D eigenvalue weighted by atomic mass is 19.1. The van der Waals surface area contributed by atoms with Gasteiger partial charge in [-0.2, -0.15) is 0 Å². The van der Waals surface area contributed by atoms with Crippen molar-refractivity contribution in [3.63, 3.8) is 0 Å². The number of aryl methyl sites for hydroxylation is 2. The summed E-state index contributed by atoms with van der Waals surface area (Å²) >= 11 is 0. The lowest BCUT2D eigenvalue weighted by molar-refractivity contribution is 0.228. The third kappa shape index (κ3) is 2.88. The number of halogens is 1. The molecule has 3 aromatic rings. The lowest BCUT2D eigenvalue weighted by Crippen LogP contribution is -2.35. The maximum absolute atomic E-state index is 14.7. The molecule has 2 aromatic carbocycles. The van der Waals surface area contributed by atoms with Gasteiger partial charge < -0.3 is 9.30 Å². The first kappa shape index (κ1) is 17.1. The van der Waals surface area contributed by atoms with Crippen molar-refractivity contribution in [3.8, 4) is 5.75 Å². The molecule has 0 N–H and O–H groups in total. The Morgan fingerprint density at radius 1 is 1.15 bits per heavy atom. The van der Waals surface area contributed by atoms with Gasteiger partial charge in [0.15, 0.2) is 0 Å². The molecule has 1 atom stereocenters. The van der Waals surface area contributed by atoms with Crippen molar-refractivity contribution >= 4 is 10.9 Å². The van der Waals surface area contributed by atoms with Crippen LogP contribution in [0.4, 0.5) is 4.39 Å². The fourth-order valence-corrected chi connectivity index (χ4v) is 4.02. The maximum atomic E-state index is 14.7. The first-order valence-electron chi connectivity index (χ1n) is 9.20. The summed E-state index contributed by atoms with van der Waals surface area (Å²) in [5, 5.41) is 1.06. The highest BCUT2D eigenvalue weighted by Gasteiger charge is 2.27. The molecule has 4 rings (SSSR count). The lowest BCUT2D eigenvalue weighted by Gasteiger charge is -2.31. The molecule has 1 unspecified atom stereocenters. The average Bonchev–Trinajstić information content (AvgIpc) is 2.95. The fraction of sp³-hybridized carbons (Fsp3) is 0.364. The molecule has 4 heteroatoms. The molecular weight excluding hydrogens is 327 g/mol. The molecule has 0 saturated carbocycles. The SMILES string of the molecule is COc1ccc(CCn2c3c(c4cccc(F)c42)CN(C)C(C)C3)cc1. The predicted octanol–water partition coefficient (Wildman–Crippen LogP) is 4.41. The minimum atomic E-state index is -0.123. The molecule has 2 heterocycles. The Morgan fingerprint density at radius 3 is 2.65 bits per heavy atom. The summed E-state index contributed by atoms with van der Waals surface area (Å²) in [6.45, 7) is 3.91. The number of methoxy groups -OCH3 is 1. The van der Waals surface area contributed by atoms with Gasteiger partial charge in [-0.1, -0.05) is 24.3 Å². The third-order valence-corrected chi connectivity index (χ3v) is 5.69. The second-order valence-corrected chi connectivity index (χ2v) is 7.28. The second-order valence-electron chi connectivity index (χ2n) is 7.28.